The average molecular weight is 535 g/mol. The van der Waals surface area contributed by atoms with E-state index in [9.17, 15) is 19.5 Å². The molecule has 4 aliphatic rings. The fourth-order valence-corrected chi connectivity index (χ4v) is 6.81. The fraction of sp³-hybridized carbons (Fsp3) is 0.536. The van der Waals surface area contributed by atoms with Crippen molar-refractivity contribution >= 4 is 28.8 Å². The number of aliphatic hydroxyl groups is 1. The molecule has 1 spiro atoms. The van der Waals surface area contributed by atoms with Gasteiger partial charge >= 0.3 is 0 Å². The SMILES string of the molecule is CN1CC=C[C@@]2(C)O[C@]34C=CCN(Cn5nnc6ccccc65)C(=O)C3N(CCCCCO)C(=O)[C@@H]4[C@H]2C1=O. The number of carbonyl (C=O) groups is 3. The number of likely N-dealkylation sites (tertiary alicyclic amines) is 1. The van der Waals surface area contributed by atoms with Gasteiger partial charge in [-0.15, -0.1) is 5.10 Å². The Hall–Kier alpha value is -3.57. The van der Waals surface area contributed by atoms with Crippen LogP contribution in [0.25, 0.3) is 11.0 Å². The number of nitrogens with zero attached hydrogens (tertiary/aromatic N) is 6. The number of likely N-dealkylation sites (N-methyl/N-ethyl adjacent to an activating group) is 1. The highest BCUT2D eigenvalue weighted by molar-refractivity contribution is 6.00. The third-order valence-corrected chi connectivity index (χ3v) is 8.62. The number of amides is 3. The predicted molar refractivity (Wildman–Crippen MR) is 141 cm³/mol. The summed E-state index contributed by atoms with van der Waals surface area (Å²) in [5.41, 5.74) is -0.761. The number of hydrogen-bond donors (Lipinski definition) is 1. The highest BCUT2D eigenvalue weighted by Crippen LogP contribution is 2.57. The van der Waals surface area contributed by atoms with Crippen molar-refractivity contribution in [3.8, 4) is 0 Å². The molecule has 1 aromatic carbocycles. The lowest BCUT2D eigenvalue weighted by molar-refractivity contribution is -0.153. The predicted octanol–water partition coefficient (Wildman–Crippen LogP) is 0.949. The number of rotatable bonds is 7. The first-order chi connectivity index (χ1) is 18.8. The Kier molecular flexibility index (Phi) is 6.30. The molecule has 1 unspecified atom stereocenters. The van der Waals surface area contributed by atoms with Crippen LogP contribution in [0.2, 0.25) is 0 Å². The largest absolute Gasteiger partial charge is 0.396 e. The zero-order valence-electron chi connectivity index (χ0n) is 22.3. The monoisotopic (exact) mass is 534 g/mol. The summed E-state index contributed by atoms with van der Waals surface area (Å²) >= 11 is 0. The van der Waals surface area contributed by atoms with Crippen LogP contribution in [0.5, 0.6) is 0 Å². The second-order valence-electron chi connectivity index (χ2n) is 11.1. The summed E-state index contributed by atoms with van der Waals surface area (Å²) in [6, 6.07) is 6.63. The number of aromatic nitrogens is 3. The molecule has 4 aliphatic heterocycles. The third-order valence-electron chi connectivity index (χ3n) is 8.62. The molecular weight excluding hydrogens is 500 g/mol. The maximum Gasteiger partial charge on any atom is 0.250 e. The van der Waals surface area contributed by atoms with E-state index in [1.165, 1.54) is 0 Å². The van der Waals surface area contributed by atoms with Gasteiger partial charge in [-0.1, -0.05) is 41.7 Å². The lowest BCUT2D eigenvalue weighted by Gasteiger charge is -2.37. The van der Waals surface area contributed by atoms with Crippen molar-refractivity contribution in [1.29, 1.82) is 0 Å². The highest BCUT2D eigenvalue weighted by Gasteiger charge is 2.74. The van der Waals surface area contributed by atoms with Crippen LogP contribution < -0.4 is 0 Å². The van der Waals surface area contributed by atoms with Gasteiger partial charge in [0.25, 0.3) is 5.91 Å². The molecule has 11 heteroatoms. The Bertz CT molecular complexity index is 1370. The minimum absolute atomic E-state index is 0.0714. The van der Waals surface area contributed by atoms with Gasteiger partial charge < -0.3 is 24.5 Å². The van der Waals surface area contributed by atoms with Gasteiger partial charge in [-0.3, -0.25) is 14.4 Å². The van der Waals surface area contributed by atoms with Gasteiger partial charge in [-0.2, -0.15) is 0 Å². The summed E-state index contributed by atoms with van der Waals surface area (Å²) in [5.74, 6) is -2.21. The number of hydrogen-bond acceptors (Lipinski definition) is 7. The van der Waals surface area contributed by atoms with Crippen molar-refractivity contribution in [2.45, 2.75) is 50.1 Å². The first-order valence-electron chi connectivity index (χ1n) is 13.6. The van der Waals surface area contributed by atoms with E-state index < -0.39 is 29.1 Å². The molecule has 2 saturated heterocycles. The van der Waals surface area contributed by atoms with Crippen molar-refractivity contribution in [3.63, 3.8) is 0 Å². The van der Waals surface area contributed by atoms with E-state index in [1.807, 2.05) is 55.5 Å². The van der Waals surface area contributed by atoms with Gasteiger partial charge in [0.1, 0.15) is 23.8 Å². The third kappa shape index (κ3) is 3.89. The fourth-order valence-electron chi connectivity index (χ4n) is 6.81. The molecule has 5 atom stereocenters. The molecular formula is C28H34N6O5. The molecule has 2 aromatic rings. The molecule has 11 nitrogen and oxygen atoms in total. The molecule has 39 heavy (non-hydrogen) atoms. The van der Waals surface area contributed by atoms with E-state index >= 15 is 0 Å². The Labute approximate surface area is 226 Å². The highest BCUT2D eigenvalue weighted by atomic mass is 16.5. The van der Waals surface area contributed by atoms with Crippen molar-refractivity contribution in [2.24, 2.45) is 11.8 Å². The molecule has 6 rings (SSSR count). The number of unbranched alkanes of at least 4 members (excludes halogenated alkanes) is 2. The first kappa shape index (κ1) is 25.7. The van der Waals surface area contributed by atoms with Crippen molar-refractivity contribution < 1.29 is 24.2 Å². The summed E-state index contributed by atoms with van der Waals surface area (Å²) < 4.78 is 8.47. The van der Waals surface area contributed by atoms with Gasteiger partial charge in [0, 0.05) is 33.3 Å². The lowest BCUT2D eigenvalue weighted by atomic mass is 9.74. The van der Waals surface area contributed by atoms with Crippen LogP contribution in [0.15, 0.2) is 48.6 Å². The summed E-state index contributed by atoms with van der Waals surface area (Å²) in [6.45, 7) is 3.16. The topological polar surface area (TPSA) is 121 Å². The molecule has 206 valence electrons. The standard InChI is InChI=1S/C28H34N6O5/c1-27-12-8-14-31(2)24(36)21(27)22-25(37)33(16-6-3-7-17-35)23-26(38)32(15-9-13-28(22,23)39-27)18-34-20-11-5-4-10-19(20)29-30-34/h4-5,8-13,21-23,35H,3,6-7,14-18H2,1-2H3/t21-,22-,23?,27+,28-/m0/s1. The molecule has 0 radical (unpaired) electrons. The maximum atomic E-state index is 14.4. The van der Waals surface area contributed by atoms with Gasteiger partial charge in [0.2, 0.25) is 11.8 Å². The zero-order valence-corrected chi connectivity index (χ0v) is 22.3. The Morgan fingerprint density at radius 2 is 1.79 bits per heavy atom. The maximum absolute atomic E-state index is 14.4. The molecule has 2 fully saturated rings. The van der Waals surface area contributed by atoms with Crippen LogP contribution in [0.3, 0.4) is 0 Å². The minimum atomic E-state index is -1.28. The van der Waals surface area contributed by atoms with E-state index in [0.717, 1.165) is 17.5 Å². The molecule has 0 aliphatic carbocycles. The number of para-hydroxylation sites is 1. The molecule has 1 aromatic heterocycles. The summed E-state index contributed by atoms with van der Waals surface area (Å²) in [4.78, 5) is 47.1. The van der Waals surface area contributed by atoms with Crippen LogP contribution in [0.4, 0.5) is 0 Å². The molecule has 5 heterocycles. The molecule has 1 N–H and O–H groups in total. The Balaban J connectivity index is 1.40. The molecule has 0 bridgehead atoms. The summed E-state index contributed by atoms with van der Waals surface area (Å²) in [5, 5.41) is 17.7. The van der Waals surface area contributed by atoms with Crippen LogP contribution in [0, 0.1) is 11.8 Å². The van der Waals surface area contributed by atoms with Crippen LogP contribution >= 0.6 is 0 Å². The van der Waals surface area contributed by atoms with Gasteiger partial charge in [-0.25, -0.2) is 4.68 Å². The van der Waals surface area contributed by atoms with Gasteiger partial charge in [0.15, 0.2) is 0 Å². The average Bonchev–Trinajstić information content (AvgIpc) is 3.45. The van der Waals surface area contributed by atoms with E-state index in [0.29, 0.717) is 32.5 Å². The summed E-state index contributed by atoms with van der Waals surface area (Å²) in [7, 11) is 1.73. The second-order valence-corrected chi connectivity index (χ2v) is 11.1. The second kappa shape index (κ2) is 9.56. The van der Waals surface area contributed by atoms with E-state index in [-0.39, 0.29) is 31.0 Å². The smallest absolute Gasteiger partial charge is 0.250 e. The van der Waals surface area contributed by atoms with Gasteiger partial charge in [0.05, 0.1) is 23.0 Å². The van der Waals surface area contributed by atoms with Crippen molar-refractivity contribution in [2.75, 3.05) is 33.3 Å². The lowest BCUT2D eigenvalue weighted by Crippen LogP contribution is -2.56. The quantitative estimate of drug-likeness (QED) is 0.415. The normalized spacial score (nSPS) is 32.0. The Morgan fingerprint density at radius 3 is 2.62 bits per heavy atom. The summed E-state index contributed by atoms with van der Waals surface area (Å²) in [6.07, 6.45) is 9.47. The number of fused-ring (bicyclic) bond motifs is 3. The van der Waals surface area contributed by atoms with E-state index in [4.69, 9.17) is 4.74 Å². The zero-order chi connectivity index (χ0) is 27.4. The van der Waals surface area contributed by atoms with E-state index in [2.05, 4.69) is 10.3 Å². The number of carbonyl (C=O) groups excluding carboxylic acids is 3. The number of benzene rings is 1. The number of ether oxygens (including phenoxy) is 1. The first-order valence-corrected chi connectivity index (χ1v) is 13.6. The Morgan fingerprint density at radius 1 is 1.00 bits per heavy atom. The van der Waals surface area contributed by atoms with Crippen LogP contribution in [0.1, 0.15) is 26.2 Å². The van der Waals surface area contributed by atoms with Crippen molar-refractivity contribution in [1.82, 2.24) is 29.7 Å². The van der Waals surface area contributed by atoms with Crippen LogP contribution in [-0.4, -0.2) is 103 Å². The van der Waals surface area contributed by atoms with Gasteiger partial charge in [-0.05, 0) is 38.3 Å². The molecule has 0 saturated carbocycles. The minimum Gasteiger partial charge on any atom is -0.396 e. The number of aliphatic hydroxyl groups excluding tert-OH is 1. The van der Waals surface area contributed by atoms with E-state index in [1.54, 1.807) is 26.4 Å². The van der Waals surface area contributed by atoms with Crippen molar-refractivity contribution in [3.05, 3.63) is 48.6 Å². The van der Waals surface area contributed by atoms with Crippen LogP contribution in [-0.2, 0) is 25.8 Å². The molecule has 3 amide bonds.